The van der Waals surface area contributed by atoms with Crippen LogP contribution in [-0.4, -0.2) is 44.3 Å². The van der Waals surface area contributed by atoms with Crippen LogP contribution in [0.5, 0.6) is 0 Å². The van der Waals surface area contributed by atoms with Crippen molar-refractivity contribution >= 4 is 29.0 Å². The number of rotatable bonds is 8. The molecule has 2 heterocycles. The number of urea groups is 1. The first kappa shape index (κ1) is 27.2. The van der Waals surface area contributed by atoms with E-state index in [1.54, 1.807) is 30.3 Å². The molecule has 40 heavy (non-hydrogen) atoms. The third-order valence-corrected chi connectivity index (χ3v) is 7.61. The van der Waals surface area contributed by atoms with Crippen LogP contribution in [0.25, 0.3) is 0 Å². The number of carbonyl (C=O) groups is 2. The van der Waals surface area contributed by atoms with Gasteiger partial charge in [0.2, 0.25) is 0 Å². The van der Waals surface area contributed by atoms with Gasteiger partial charge in [0.05, 0.1) is 23.3 Å². The molecule has 1 unspecified atom stereocenters. The van der Waals surface area contributed by atoms with E-state index in [9.17, 15) is 9.59 Å². The van der Waals surface area contributed by atoms with Crippen molar-refractivity contribution in [3.8, 4) is 6.07 Å². The molecule has 5 rings (SSSR count). The second-order valence-electron chi connectivity index (χ2n) is 10.5. The van der Waals surface area contributed by atoms with Crippen molar-refractivity contribution in [3.05, 3.63) is 89.5 Å². The van der Waals surface area contributed by atoms with Crippen LogP contribution in [0.2, 0.25) is 0 Å². The van der Waals surface area contributed by atoms with Crippen LogP contribution >= 0.6 is 0 Å². The number of nitrogens with zero attached hydrogens (tertiary/aromatic N) is 2. The predicted molar refractivity (Wildman–Crippen MR) is 157 cm³/mol. The van der Waals surface area contributed by atoms with E-state index in [1.165, 1.54) is 5.56 Å². The monoisotopic (exact) mass is 537 g/mol. The number of carbonyl (C=O) groups excluding carboxylic acids is 2. The molecule has 0 bridgehead atoms. The molecule has 3 aromatic rings. The molecular weight excluding hydrogens is 502 g/mol. The molecule has 206 valence electrons. The van der Waals surface area contributed by atoms with Crippen molar-refractivity contribution in [1.82, 2.24) is 5.32 Å². The van der Waals surface area contributed by atoms with Crippen molar-refractivity contribution in [2.24, 2.45) is 5.92 Å². The fraction of sp³-hybridized carbons (Fsp3) is 0.344. The molecule has 0 aliphatic carbocycles. The standard InChI is InChI=1S/C32H35N5O3/c33-21-25-8-10-26(11-9-25)35-32(39)36-27-12-13-30(29(20-27)31(38)34-22-28-7-4-18-40-28)37-16-14-24(15-17-37)19-23-5-2-1-3-6-23/h1-3,5-6,8-13,20,24,28H,4,7,14-19,22H2,(H,34,38)(H2,35,36,39). The molecule has 0 saturated carbocycles. The molecular formula is C32H35N5O3. The van der Waals surface area contributed by atoms with Gasteiger partial charge in [0, 0.05) is 43.3 Å². The SMILES string of the molecule is N#Cc1ccc(NC(=O)Nc2ccc(N3CCC(Cc4ccccc4)CC3)c(C(=O)NCC3CCCO3)c2)cc1. The fourth-order valence-electron chi connectivity index (χ4n) is 5.43. The van der Waals surface area contributed by atoms with Gasteiger partial charge >= 0.3 is 6.03 Å². The molecule has 8 nitrogen and oxygen atoms in total. The zero-order valence-electron chi connectivity index (χ0n) is 22.6. The first-order valence-electron chi connectivity index (χ1n) is 14.0. The Balaban J connectivity index is 1.27. The van der Waals surface area contributed by atoms with Crippen LogP contribution in [0.1, 0.15) is 47.2 Å². The highest BCUT2D eigenvalue weighted by molar-refractivity contribution is 6.04. The summed E-state index contributed by atoms with van der Waals surface area (Å²) in [6, 6.07) is 24.4. The maximum atomic E-state index is 13.4. The minimum atomic E-state index is -0.426. The van der Waals surface area contributed by atoms with Gasteiger partial charge in [-0.05, 0) is 86.1 Å². The highest BCUT2D eigenvalue weighted by Crippen LogP contribution is 2.30. The van der Waals surface area contributed by atoms with Crippen molar-refractivity contribution in [1.29, 1.82) is 5.26 Å². The molecule has 3 amide bonds. The maximum absolute atomic E-state index is 13.4. The first-order chi connectivity index (χ1) is 19.6. The van der Waals surface area contributed by atoms with Gasteiger partial charge < -0.3 is 25.6 Å². The number of amides is 3. The van der Waals surface area contributed by atoms with Gasteiger partial charge in [-0.25, -0.2) is 4.79 Å². The number of ether oxygens (including phenoxy) is 1. The Hall–Kier alpha value is -4.35. The topological polar surface area (TPSA) is 106 Å². The minimum absolute atomic E-state index is 0.0423. The molecule has 0 radical (unpaired) electrons. The number of nitrogens with one attached hydrogen (secondary N) is 3. The van der Waals surface area contributed by atoms with Gasteiger partial charge in [0.15, 0.2) is 0 Å². The van der Waals surface area contributed by atoms with Crippen molar-refractivity contribution < 1.29 is 14.3 Å². The van der Waals surface area contributed by atoms with Gasteiger partial charge in [-0.3, -0.25) is 4.79 Å². The summed E-state index contributed by atoms with van der Waals surface area (Å²) in [5.41, 5.74) is 4.39. The highest BCUT2D eigenvalue weighted by atomic mass is 16.5. The fourth-order valence-corrected chi connectivity index (χ4v) is 5.43. The van der Waals surface area contributed by atoms with Crippen LogP contribution in [0.15, 0.2) is 72.8 Å². The van der Waals surface area contributed by atoms with Crippen LogP contribution in [0.4, 0.5) is 21.9 Å². The average molecular weight is 538 g/mol. The van der Waals surface area contributed by atoms with Crippen molar-refractivity contribution in [2.75, 3.05) is 41.8 Å². The summed E-state index contributed by atoms with van der Waals surface area (Å²) >= 11 is 0. The summed E-state index contributed by atoms with van der Waals surface area (Å²) in [5.74, 6) is 0.440. The predicted octanol–water partition coefficient (Wildman–Crippen LogP) is 5.57. The third kappa shape index (κ3) is 7.19. The van der Waals surface area contributed by atoms with Gasteiger partial charge in [-0.15, -0.1) is 0 Å². The third-order valence-electron chi connectivity index (χ3n) is 7.61. The van der Waals surface area contributed by atoms with Gasteiger partial charge in [0.1, 0.15) is 0 Å². The molecule has 2 saturated heterocycles. The van der Waals surface area contributed by atoms with E-state index in [1.807, 2.05) is 18.2 Å². The lowest BCUT2D eigenvalue weighted by Gasteiger charge is -2.35. The highest BCUT2D eigenvalue weighted by Gasteiger charge is 2.25. The zero-order chi connectivity index (χ0) is 27.7. The Morgan fingerprint density at radius 1 is 0.925 bits per heavy atom. The summed E-state index contributed by atoms with van der Waals surface area (Å²) in [6.07, 6.45) is 5.18. The van der Waals surface area contributed by atoms with Crippen LogP contribution < -0.4 is 20.9 Å². The van der Waals surface area contributed by atoms with E-state index in [0.29, 0.717) is 35.0 Å². The van der Waals surface area contributed by atoms with E-state index < -0.39 is 6.03 Å². The Bertz CT molecular complexity index is 1340. The number of anilines is 3. The summed E-state index contributed by atoms with van der Waals surface area (Å²) in [6.45, 7) is 2.94. The quantitative estimate of drug-likeness (QED) is 0.348. The normalized spacial score (nSPS) is 17.2. The number of benzene rings is 3. The Morgan fingerprint density at radius 2 is 1.65 bits per heavy atom. The largest absolute Gasteiger partial charge is 0.376 e. The lowest BCUT2D eigenvalue weighted by atomic mass is 9.89. The lowest BCUT2D eigenvalue weighted by molar-refractivity contribution is 0.0858. The van der Waals surface area contributed by atoms with Crippen LogP contribution in [0.3, 0.4) is 0 Å². The molecule has 8 heteroatoms. The summed E-state index contributed by atoms with van der Waals surface area (Å²) < 4.78 is 5.69. The van der Waals surface area contributed by atoms with E-state index in [2.05, 4.69) is 51.2 Å². The van der Waals surface area contributed by atoms with Crippen LogP contribution in [0, 0.1) is 17.2 Å². The number of hydrogen-bond donors (Lipinski definition) is 3. The Labute approximate surface area is 235 Å². The Morgan fingerprint density at radius 3 is 2.35 bits per heavy atom. The first-order valence-corrected chi connectivity index (χ1v) is 14.0. The van der Waals surface area contributed by atoms with E-state index in [-0.39, 0.29) is 12.0 Å². The van der Waals surface area contributed by atoms with Gasteiger partial charge in [-0.1, -0.05) is 30.3 Å². The Kier molecular flexibility index (Phi) is 8.94. The number of hydrogen-bond acceptors (Lipinski definition) is 5. The lowest BCUT2D eigenvalue weighted by Crippen LogP contribution is -2.37. The molecule has 3 N–H and O–H groups in total. The molecule has 1 atom stereocenters. The van der Waals surface area contributed by atoms with E-state index >= 15 is 0 Å². The van der Waals surface area contributed by atoms with Gasteiger partial charge in [-0.2, -0.15) is 5.26 Å². The van der Waals surface area contributed by atoms with Crippen molar-refractivity contribution in [2.45, 2.75) is 38.2 Å². The van der Waals surface area contributed by atoms with Gasteiger partial charge in [0.25, 0.3) is 5.91 Å². The summed E-state index contributed by atoms with van der Waals surface area (Å²) in [7, 11) is 0. The summed E-state index contributed by atoms with van der Waals surface area (Å²) in [4.78, 5) is 28.4. The molecule has 2 fully saturated rings. The minimum Gasteiger partial charge on any atom is -0.376 e. The molecule has 2 aliphatic heterocycles. The number of nitriles is 1. The summed E-state index contributed by atoms with van der Waals surface area (Å²) in [5, 5.41) is 17.6. The number of piperidine rings is 1. The molecule has 2 aliphatic rings. The van der Waals surface area contributed by atoms with Crippen molar-refractivity contribution in [3.63, 3.8) is 0 Å². The smallest absolute Gasteiger partial charge is 0.323 e. The maximum Gasteiger partial charge on any atom is 0.323 e. The van der Waals surface area contributed by atoms with E-state index in [0.717, 1.165) is 57.5 Å². The molecule has 0 aromatic heterocycles. The molecule has 3 aromatic carbocycles. The van der Waals surface area contributed by atoms with E-state index in [4.69, 9.17) is 10.00 Å². The van der Waals surface area contributed by atoms with Crippen LogP contribution in [-0.2, 0) is 11.2 Å². The zero-order valence-corrected chi connectivity index (χ0v) is 22.6. The average Bonchev–Trinajstić information content (AvgIpc) is 3.51. The second kappa shape index (κ2) is 13.1. The second-order valence-corrected chi connectivity index (χ2v) is 10.5. The molecule has 0 spiro atoms.